The van der Waals surface area contributed by atoms with Crippen molar-refractivity contribution < 1.29 is 4.74 Å². The van der Waals surface area contributed by atoms with Gasteiger partial charge in [0.15, 0.2) is 0 Å². The second kappa shape index (κ2) is 4.84. The maximum Gasteiger partial charge on any atom is 0.119 e. The van der Waals surface area contributed by atoms with Crippen LogP contribution in [0, 0.1) is 0 Å². The van der Waals surface area contributed by atoms with E-state index < -0.39 is 0 Å². The minimum absolute atomic E-state index is 0. The molecular weight excluding hydrogens is 212 g/mol. The Morgan fingerprint density at radius 2 is 1.93 bits per heavy atom. The van der Waals surface area contributed by atoms with Crippen LogP contribution >= 0.6 is 12.4 Å². The lowest BCUT2D eigenvalue weighted by molar-refractivity contribution is 0.286. The van der Waals surface area contributed by atoms with Gasteiger partial charge < -0.3 is 15.8 Å². The van der Waals surface area contributed by atoms with E-state index in [2.05, 4.69) is 5.32 Å². The van der Waals surface area contributed by atoms with Crippen molar-refractivity contribution in [2.24, 2.45) is 5.73 Å². The van der Waals surface area contributed by atoms with E-state index in [1.807, 2.05) is 31.2 Å². The van der Waals surface area contributed by atoms with Gasteiger partial charge in [-0.1, -0.05) is 12.1 Å². The number of nitrogens with two attached hydrogens (primary N) is 1. The molecule has 1 aromatic carbocycles. The largest absolute Gasteiger partial charge is 0.494 e. The summed E-state index contributed by atoms with van der Waals surface area (Å²) >= 11 is 0. The van der Waals surface area contributed by atoms with Gasteiger partial charge in [0, 0.05) is 13.1 Å². The average molecular weight is 229 g/mol. The van der Waals surface area contributed by atoms with Crippen LogP contribution in [-0.2, 0) is 5.54 Å². The Bertz CT molecular complexity index is 309. The highest BCUT2D eigenvalue weighted by Crippen LogP contribution is 2.24. The number of rotatable bonds is 3. The predicted molar refractivity (Wildman–Crippen MR) is 63.6 cm³/mol. The van der Waals surface area contributed by atoms with E-state index in [1.165, 1.54) is 5.56 Å². The van der Waals surface area contributed by atoms with Crippen molar-refractivity contribution in [2.45, 2.75) is 12.5 Å². The first-order chi connectivity index (χ1) is 6.74. The molecule has 0 aromatic heterocycles. The van der Waals surface area contributed by atoms with Crippen LogP contribution < -0.4 is 15.8 Å². The molecule has 1 aliphatic rings. The molecule has 84 valence electrons. The van der Waals surface area contributed by atoms with Crippen molar-refractivity contribution >= 4 is 12.4 Å². The van der Waals surface area contributed by atoms with Crippen molar-refractivity contribution in [3.8, 4) is 5.75 Å². The van der Waals surface area contributed by atoms with E-state index in [0.717, 1.165) is 18.8 Å². The number of hydrogen-bond donors (Lipinski definition) is 2. The van der Waals surface area contributed by atoms with Crippen LogP contribution in [0.25, 0.3) is 0 Å². The van der Waals surface area contributed by atoms with E-state index in [4.69, 9.17) is 10.5 Å². The molecule has 15 heavy (non-hydrogen) atoms. The molecule has 1 aromatic rings. The Balaban J connectivity index is 0.00000112. The van der Waals surface area contributed by atoms with Gasteiger partial charge in [0.1, 0.15) is 5.75 Å². The van der Waals surface area contributed by atoms with E-state index >= 15 is 0 Å². The third-order valence-corrected chi connectivity index (χ3v) is 2.62. The van der Waals surface area contributed by atoms with Crippen molar-refractivity contribution in [3.05, 3.63) is 29.8 Å². The Kier molecular flexibility index (Phi) is 3.97. The molecule has 0 aliphatic carbocycles. The molecule has 3 N–H and O–H groups in total. The second-order valence-corrected chi connectivity index (χ2v) is 3.72. The summed E-state index contributed by atoms with van der Waals surface area (Å²) in [6, 6.07) is 8.05. The molecule has 4 heteroatoms. The first-order valence-electron chi connectivity index (χ1n) is 4.97. The Labute approximate surface area is 96.4 Å². The van der Waals surface area contributed by atoms with Crippen LogP contribution in [0.3, 0.4) is 0 Å². The predicted octanol–water partition coefficient (Wildman–Crippen LogP) is 1.26. The van der Waals surface area contributed by atoms with Crippen molar-refractivity contribution in [3.63, 3.8) is 0 Å². The van der Waals surface area contributed by atoms with Crippen LogP contribution in [-0.4, -0.2) is 19.7 Å². The smallest absolute Gasteiger partial charge is 0.119 e. The molecule has 3 nitrogen and oxygen atoms in total. The van der Waals surface area contributed by atoms with E-state index in [-0.39, 0.29) is 17.9 Å². The molecule has 0 atom stereocenters. The van der Waals surface area contributed by atoms with Gasteiger partial charge in [-0.25, -0.2) is 0 Å². The normalized spacial score (nSPS) is 17.5. The lowest BCUT2D eigenvalue weighted by atomic mass is 9.85. The van der Waals surface area contributed by atoms with Gasteiger partial charge in [-0.05, 0) is 24.6 Å². The Morgan fingerprint density at radius 3 is 2.33 bits per heavy atom. The summed E-state index contributed by atoms with van der Waals surface area (Å²) < 4.78 is 5.37. The summed E-state index contributed by atoms with van der Waals surface area (Å²) in [5.74, 6) is 0.909. The Morgan fingerprint density at radius 1 is 1.33 bits per heavy atom. The zero-order valence-corrected chi connectivity index (χ0v) is 9.64. The second-order valence-electron chi connectivity index (χ2n) is 3.72. The molecule has 2 rings (SSSR count). The van der Waals surface area contributed by atoms with E-state index in [9.17, 15) is 0 Å². The van der Waals surface area contributed by atoms with E-state index in [1.54, 1.807) is 0 Å². The summed E-state index contributed by atoms with van der Waals surface area (Å²) in [5, 5.41) is 3.18. The highest BCUT2D eigenvalue weighted by molar-refractivity contribution is 5.85. The molecule has 1 aliphatic heterocycles. The van der Waals surface area contributed by atoms with Crippen LogP contribution in [0.4, 0.5) is 0 Å². The third-order valence-electron chi connectivity index (χ3n) is 2.62. The molecular formula is C11H17ClN2O. The summed E-state index contributed by atoms with van der Waals surface area (Å²) in [5.41, 5.74) is 7.16. The van der Waals surface area contributed by atoms with Crippen LogP contribution in [0.1, 0.15) is 12.5 Å². The van der Waals surface area contributed by atoms with Gasteiger partial charge in [0.25, 0.3) is 0 Å². The topological polar surface area (TPSA) is 47.3 Å². The summed E-state index contributed by atoms with van der Waals surface area (Å²) in [6.45, 7) is 4.41. The minimum Gasteiger partial charge on any atom is -0.494 e. The standard InChI is InChI=1S/C11H16N2O.ClH/c1-2-14-10-5-3-9(4-6-10)11(12)7-13-8-11;/h3-6,13H,2,7-8,12H2,1H3;1H. The van der Waals surface area contributed by atoms with Gasteiger partial charge in [0.2, 0.25) is 0 Å². The lowest BCUT2D eigenvalue weighted by Crippen LogP contribution is -2.62. The van der Waals surface area contributed by atoms with Gasteiger partial charge in [-0.2, -0.15) is 0 Å². The molecule has 1 fully saturated rings. The van der Waals surface area contributed by atoms with Gasteiger partial charge >= 0.3 is 0 Å². The first-order valence-corrected chi connectivity index (χ1v) is 4.97. The molecule has 0 spiro atoms. The third kappa shape index (κ3) is 2.43. The lowest BCUT2D eigenvalue weighted by Gasteiger charge is -2.39. The van der Waals surface area contributed by atoms with Crippen LogP contribution in [0.2, 0.25) is 0 Å². The average Bonchev–Trinajstić information content (AvgIpc) is 2.16. The number of ether oxygens (including phenoxy) is 1. The van der Waals surface area contributed by atoms with Crippen molar-refractivity contribution in [2.75, 3.05) is 19.7 Å². The van der Waals surface area contributed by atoms with E-state index in [0.29, 0.717) is 6.61 Å². The minimum atomic E-state index is -0.162. The SMILES string of the molecule is CCOc1ccc(C2(N)CNC2)cc1.Cl. The zero-order chi connectivity index (χ0) is 10.0. The number of halogens is 1. The maximum atomic E-state index is 6.14. The van der Waals surface area contributed by atoms with Crippen LogP contribution in [0.15, 0.2) is 24.3 Å². The first kappa shape index (κ1) is 12.3. The quantitative estimate of drug-likeness (QED) is 0.819. The zero-order valence-electron chi connectivity index (χ0n) is 8.82. The number of hydrogen-bond acceptors (Lipinski definition) is 3. The highest BCUT2D eigenvalue weighted by Gasteiger charge is 2.33. The van der Waals surface area contributed by atoms with Gasteiger partial charge in [-0.15, -0.1) is 12.4 Å². The molecule has 1 heterocycles. The fraction of sp³-hybridized carbons (Fsp3) is 0.455. The number of benzene rings is 1. The summed E-state index contributed by atoms with van der Waals surface area (Å²) in [7, 11) is 0. The molecule has 0 unspecified atom stereocenters. The highest BCUT2D eigenvalue weighted by atomic mass is 35.5. The summed E-state index contributed by atoms with van der Waals surface area (Å²) in [4.78, 5) is 0. The van der Waals surface area contributed by atoms with Gasteiger partial charge in [-0.3, -0.25) is 0 Å². The fourth-order valence-electron chi connectivity index (χ4n) is 1.65. The molecule has 0 radical (unpaired) electrons. The molecule has 0 saturated carbocycles. The Hall–Kier alpha value is -0.770. The molecule has 0 bridgehead atoms. The van der Waals surface area contributed by atoms with Crippen LogP contribution in [0.5, 0.6) is 5.75 Å². The van der Waals surface area contributed by atoms with Gasteiger partial charge in [0.05, 0.1) is 12.1 Å². The number of nitrogens with one attached hydrogen (secondary N) is 1. The molecule has 0 amide bonds. The summed E-state index contributed by atoms with van der Waals surface area (Å²) in [6.07, 6.45) is 0. The van der Waals surface area contributed by atoms with Crippen molar-refractivity contribution in [1.29, 1.82) is 0 Å². The monoisotopic (exact) mass is 228 g/mol. The maximum absolute atomic E-state index is 6.14. The van der Waals surface area contributed by atoms with Crippen molar-refractivity contribution in [1.82, 2.24) is 5.32 Å². The fourth-order valence-corrected chi connectivity index (χ4v) is 1.65. The molecule has 1 saturated heterocycles.